The number of benzene rings is 1. The summed E-state index contributed by atoms with van der Waals surface area (Å²) in [6, 6.07) is 6.34. The molecular weight excluding hydrogens is 258 g/mol. The van der Waals surface area contributed by atoms with Gasteiger partial charge in [-0.25, -0.2) is 0 Å². The Morgan fingerprint density at radius 2 is 2.00 bits per heavy atom. The molecule has 2 N–H and O–H groups in total. The van der Waals surface area contributed by atoms with Gasteiger partial charge in [0.2, 0.25) is 0 Å². The van der Waals surface area contributed by atoms with Gasteiger partial charge < -0.3 is 15.2 Å². The van der Waals surface area contributed by atoms with E-state index in [9.17, 15) is 14.7 Å². The Morgan fingerprint density at radius 3 is 2.70 bits per heavy atom. The third-order valence-corrected chi connectivity index (χ3v) is 2.75. The van der Waals surface area contributed by atoms with Crippen LogP contribution in [0, 0.1) is 0 Å². The first-order valence-corrected chi connectivity index (χ1v) is 6.87. The van der Waals surface area contributed by atoms with E-state index in [2.05, 4.69) is 5.32 Å². The molecule has 0 spiro atoms. The van der Waals surface area contributed by atoms with Crippen molar-refractivity contribution in [3.63, 3.8) is 0 Å². The molecule has 0 aliphatic carbocycles. The van der Waals surface area contributed by atoms with Crippen LogP contribution in [0.15, 0.2) is 24.3 Å². The van der Waals surface area contributed by atoms with Crippen LogP contribution in [-0.2, 0) is 9.53 Å². The summed E-state index contributed by atoms with van der Waals surface area (Å²) in [6.45, 7) is 2.86. The first-order valence-electron chi connectivity index (χ1n) is 6.87. The monoisotopic (exact) mass is 279 g/mol. The number of unbranched alkanes of at least 4 members (excludes halogenated alkanes) is 1. The van der Waals surface area contributed by atoms with Crippen molar-refractivity contribution in [3.05, 3.63) is 29.8 Å². The van der Waals surface area contributed by atoms with Gasteiger partial charge in [-0.3, -0.25) is 9.59 Å². The average Bonchev–Trinajstić information content (AvgIpc) is 2.44. The Kier molecular flexibility index (Phi) is 7.17. The number of esters is 1. The number of carbonyl (C=O) groups excluding carboxylic acids is 2. The molecule has 0 saturated heterocycles. The summed E-state index contributed by atoms with van der Waals surface area (Å²) >= 11 is 0. The molecule has 0 radical (unpaired) electrons. The maximum absolute atomic E-state index is 11.7. The Bertz CT molecular complexity index is 445. The lowest BCUT2D eigenvalue weighted by Crippen LogP contribution is -2.25. The predicted molar refractivity (Wildman–Crippen MR) is 75.5 cm³/mol. The van der Waals surface area contributed by atoms with Crippen LogP contribution in [-0.4, -0.2) is 30.1 Å². The number of carbonyl (C=O) groups is 2. The molecule has 0 fully saturated rings. The summed E-state index contributed by atoms with van der Waals surface area (Å²) in [5.74, 6) is -0.637. The molecule has 1 rings (SSSR count). The summed E-state index contributed by atoms with van der Waals surface area (Å²) < 4.78 is 5.00. The molecule has 0 aliphatic heterocycles. The Balaban J connectivity index is 2.20. The van der Waals surface area contributed by atoms with Crippen LogP contribution in [0.5, 0.6) is 5.75 Å². The zero-order chi connectivity index (χ0) is 14.8. The standard InChI is InChI=1S/C15H21NO4/c1-2-3-11-20-14(18)9-6-10-16-15(19)12-7-4-5-8-13(12)17/h4-5,7-8,17H,2-3,6,9-11H2,1H3,(H,16,19). The average molecular weight is 279 g/mol. The molecule has 0 atom stereocenters. The number of ether oxygens (including phenoxy) is 1. The van der Waals surface area contributed by atoms with Crippen LogP contribution in [0.1, 0.15) is 43.0 Å². The van der Waals surface area contributed by atoms with Gasteiger partial charge in [0.1, 0.15) is 5.75 Å². The molecule has 5 nitrogen and oxygen atoms in total. The zero-order valence-electron chi connectivity index (χ0n) is 11.7. The topological polar surface area (TPSA) is 75.6 Å². The smallest absolute Gasteiger partial charge is 0.305 e. The van der Waals surface area contributed by atoms with Crippen molar-refractivity contribution >= 4 is 11.9 Å². The van der Waals surface area contributed by atoms with Crippen LogP contribution in [0.2, 0.25) is 0 Å². The number of phenols is 1. The summed E-state index contributed by atoms with van der Waals surface area (Å²) in [5, 5.41) is 12.2. The highest BCUT2D eigenvalue weighted by atomic mass is 16.5. The molecule has 1 amide bonds. The Labute approximate surface area is 118 Å². The van der Waals surface area contributed by atoms with Crippen molar-refractivity contribution < 1.29 is 19.4 Å². The van der Waals surface area contributed by atoms with Gasteiger partial charge in [-0.2, -0.15) is 0 Å². The number of aromatic hydroxyl groups is 1. The fraction of sp³-hybridized carbons (Fsp3) is 0.467. The molecule has 0 bridgehead atoms. The van der Waals surface area contributed by atoms with E-state index in [1.807, 2.05) is 6.92 Å². The second-order valence-electron chi connectivity index (χ2n) is 4.45. The fourth-order valence-electron chi connectivity index (χ4n) is 1.60. The molecule has 1 aromatic rings. The van der Waals surface area contributed by atoms with Crippen molar-refractivity contribution in [3.8, 4) is 5.75 Å². The van der Waals surface area contributed by atoms with Crippen LogP contribution in [0.25, 0.3) is 0 Å². The molecule has 110 valence electrons. The number of nitrogens with one attached hydrogen (secondary N) is 1. The van der Waals surface area contributed by atoms with E-state index in [1.54, 1.807) is 18.2 Å². The molecule has 5 heteroatoms. The number of hydrogen-bond acceptors (Lipinski definition) is 4. The highest BCUT2D eigenvalue weighted by Crippen LogP contribution is 2.14. The van der Waals surface area contributed by atoms with E-state index in [0.717, 1.165) is 12.8 Å². The van der Waals surface area contributed by atoms with Crippen LogP contribution >= 0.6 is 0 Å². The minimum absolute atomic E-state index is 0.0519. The van der Waals surface area contributed by atoms with E-state index in [0.29, 0.717) is 19.6 Å². The van der Waals surface area contributed by atoms with Crippen LogP contribution in [0.3, 0.4) is 0 Å². The summed E-state index contributed by atoms with van der Waals surface area (Å²) in [6.07, 6.45) is 2.66. The predicted octanol–water partition coefficient (Wildman–Crippen LogP) is 2.25. The summed E-state index contributed by atoms with van der Waals surface area (Å²) in [7, 11) is 0. The van der Waals surface area contributed by atoms with Gasteiger partial charge in [-0.1, -0.05) is 25.5 Å². The van der Waals surface area contributed by atoms with Gasteiger partial charge in [0.15, 0.2) is 0 Å². The third kappa shape index (κ3) is 5.73. The molecule has 0 aromatic heterocycles. The van der Waals surface area contributed by atoms with Gasteiger partial charge in [0, 0.05) is 13.0 Å². The van der Waals surface area contributed by atoms with Crippen LogP contribution < -0.4 is 5.32 Å². The second-order valence-corrected chi connectivity index (χ2v) is 4.45. The molecule has 20 heavy (non-hydrogen) atoms. The van der Waals surface area contributed by atoms with Gasteiger partial charge in [-0.05, 0) is 25.0 Å². The van der Waals surface area contributed by atoms with E-state index in [4.69, 9.17) is 4.74 Å². The van der Waals surface area contributed by atoms with Crippen LogP contribution in [0.4, 0.5) is 0 Å². The number of para-hydroxylation sites is 1. The first kappa shape index (κ1) is 16.0. The van der Waals surface area contributed by atoms with Gasteiger partial charge in [0.25, 0.3) is 5.91 Å². The highest BCUT2D eigenvalue weighted by molar-refractivity contribution is 5.96. The SMILES string of the molecule is CCCCOC(=O)CCCNC(=O)c1ccccc1O. The van der Waals surface area contributed by atoms with E-state index < -0.39 is 0 Å². The van der Waals surface area contributed by atoms with Gasteiger partial charge >= 0.3 is 5.97 Å². The normalized spacial score (nSPS) is 10.1. The highest BCUT2D eigenvalue weighted by Gasteiger charge is 2.09. The zero-order valence-corrected chi connectivity index (χ0v) is 11.7. The van der Waals surface area contributed by atoms with Crippen molar-refractivity contribution in [2.24, 2.45) is 0 Å². The van der Waals surface area contributed by atoms with E-state index >= 15 is 0 Å². The number of rotatable bonds is 8. The largest absolute Gasteiger partial charge is 0.507 e. The lowest BCUT2D eigenvalue weighted by atomic mass is 10.2. The Hall–Kier alpha value is -2.04. The molecule has 0 unspecified atom stereocenters. The Morgan fingerprint density at radius 1 is 1.25 bits per heavy atom. The van der Waals surface area contributed by atoms with Crippen molar-refractivity contribution in [2.75, 3.05) is 13.2 Å². The van der Waals surface area contributed by atoms with Crippen molar-refractivity contribution in [2.45, 2.75) is 32.6 Å². The molecule has 0 aliphatic rings. The van der Waals surface area contributed by atoms with Crippen molar-refractivity contribution in [1.29, 1.82) is 0 Å². The van der Waals surface area contributed by atoms with E-state index in [1.165, 1.54) is 6.07 Å². The minimum atomic E-state index is -0.345. The maximum Gasteiger partial charge on any atom is 0.305 e. The first-order chi connectivity index (χ1) is 9.65. The van der Waals surface area contributed by atoms with Crippen molar-refractivity contribution in [1.82, 2.24) is 5.32 Å². The molecular formula is C15H21NO4. The quantitative estimate of drug-likeness (QED) is 0.565. The number of amides is 1. The van der Waals surface area contributed by atoms with E-state index in [-0.39, 0.29) is 29.6 Å². The van der Waals surface area contributed by atoms with Gasteiger partial charge in [-0.15, -0.1) is 0 Å². The number of hydrogen-bond donors (Lipinski definition) is 2. The molecule has 0 heterocycles. The number of phenolic OH excluding ortho intramolecular Hbond substituents is 1. The minimum Gasteiger partial charge on any atom is -0.507 e. The van der Waals surface area contributed by atoms with Gasteiger partial charge in [0.05, 0.1) is 12.2 Å². The second kappa shape index (κ2) is 8.96. The fourth-order valence-corrected chi connectivity index (χ4v) is 1.60. The lowest BCUT2D eigenvalue weighted by molar-refractivity contribution is -0.143. The summed E-state index contributed by atoms with van der Waals surface area (Å²) in [4.78, 5) is 23.0. The maximum atomic E-state index is 11.7. The molecule has 0 saturated carbocycles. The third-order valence-electron chi connectivity index (χ3n) is 2.75. The molecule has 1 aromatic carbocycles. The summed E-state index contributed by atoms with van der Waals surface area (Å²) in [5.41, 5.74) is 0.234. The lowest BCUT2D eigenvalue weighted by Gasteiger charge is -2.07.